The van der Waals surface area contributed by atoms with Crippen LogP contribution in [0.15, 0.2) is 65.3 Å². The van der Waals surface area contributed by atoms with E-state index in [9.17, 15) is 0 Å². The third kappa shape index (κ3) is 4.89. The molecule has 26 heavy (non-hydrogen) atoms. The molecule has 0 saturated heterocycles. The summed E-state index contributed by atoms with van der Waals surface area (Å²) in [4.78, 5) is 0. The lowest BCUT2D eigenvalue weighted by Crippen LogP contribution is -2.05. The Morgan fingerprint density at radius 2 is 1.69 bits per heavy atom. The number of unbranched alkanes of at least 4 members (excludes halogenated alkanes) is 1. The second-order valence-electron chi connectivity index (χ2n) is 6.36. The van der Waals surface area contributed by atoms with Crippen LogP contribution in [0.3, 0.4) is 0 Å². The molecule has 1 heterocycles. The Labute approximate surface area is 161 Å². The van der Waals surface area contributed by atoms with Gasteiger partial charge in [-0.2, -0.15) is 0 Å². The number of aryl methyl sites for hydroxylation is 2. The van der Waals surface area contributed by atoms with Crippen LogP contribution in [0.5, 0.6) is 5.75 Å². The van der Waals surface area contributed by atoms with Crippen molar-refractivity contribution in [1.82, 2.24) is 0 Å². The van der Waals surface area contributed by atoms with Crippen LogP contribution in [-0.4, -0.2) is 17.6 Å². The molecule has 0 N–H and O–H groups in total. The molecule has 0 aliphatic carbocycles. The lowest BCUT2D eigenvalue weighted by atomic mass is 9.98. The number of hydrogen-bond donors (Lipinski definition) is 0. The summed E-state index contributed by atoms with van der Waals surface area (Å²) in [6.07, 6.45) is 6.02. The molecular weight excluding hydrogens is 336 g/mol. The van der Waals surface area contributed by atoms with Crippen molar-refractivity contribution >= 4 is 11.0 Å². The van der Waals surface area contributed by atoms with Gasteiger partial charge in [0, 0.05) is 12.0 Å². The highest BCUT2D eigenvalue weighted by molar-refractivity contribution is 5.75. The Hall–Kier alpha value is -2.26. The zero-order valence-corrected chi connectivity index (χ0v) is 15.1. The Bertz CT molecular complexity index is 793. The lowest BCUT2D eigenvalue weighted by Gasteiger charge is -2.16. The third-order valence-corrected chi connectivity index (χ3v) is 4.57. The summed E-state index contributed by atoms with van der Waals surface area (Å²) in [7, 11) is 0. The van der Waals surface area contributed by atoms with Crippen LogP contribution in [-0.2, 0) is 12.8 Å². The summed E-state index contributed by atoms with van der Waals surface area (Å²) >= 11 is 0. The van der Waals surface area contributed by atoms with Crippen molar-refractivity contribution in [2.24, 2.45) is 0 Å². The number of hydrogen-bond acceptors (Lipinski definition) is 2. The fourth-order valence-corrected chi connectivity index (χ4v) is 3.10. The average Bonchev–Trinajstić information content (AvgIpc) is 3.06. The van der Waals surface area contributed by atoms with Crippen LogP contribution >= 0.6 is 0 Å². The minimum Gasteiger partial charge on any atom is -0.492 e. The first-order valence-electron chi connectivity index (χ1n) is 9.12. The topological polar surface area (TPSA) is 22.4 Å². The van der Waals surface area contributed by atoms with Crippen LogP contribution in [0.4, 0.5) is 0 Å². The summed E-state index contributed by atoms with van der Waals surface area (Å²) in [6.45, 7) is 4.88. The van der Waals surface area contributed by atoms with E-state index in [1.807, 2.05) is 19.1 Å². The van der Waals surface area contributed by atoms with Crippen molar-refractivity contribution in [1.29, 1.82) is 0 Å². The molecule has 0 saturated carbocycles. The van der Waals surface area contributed by atoms with Gasteiger partial charge in [-0.15, -0.1) is 0 Å². The SMILES string of the molecule is CCCCc1cccc(-c2ccccc2)c1OCCc1ccoc1C.[SiH4]. The van der Waals surface area contributed by atoms with Gasteiger partial charge in [-0.05, 0) is 53.5 Å². The largest absolute Gasteiger partial charge is 0.492 e. The second kappa shape index (κ2) is 10.0. The van der Waals surface area contributed by atoms with Gasteiger partial charge in [0.1, 0.15) is 11.5 Å². The highest BCUT2D eigenvalue weighted by Gasteiger charge is 2.12. The molecule has 0 aliphatic heterocycles. The van der Waals surface area contributed by atoms with Gasteiger partial charge in [-0.1, -0.05) is 61.9 Å². The Morgan fingerprint density at radius 3 is 2.38 bits per heavy atom. The van der Waals surface area contributed by atoms with E-state index in [-0.39, 0.29) is 11.0 Å². The molecule has 3 aromatic rings. The van der Waals surface area contributed by atoms with Gasteiger partial charge in [0.2, 0.25) is 0 Å². The molecule has 0 spiro atoms. The summed E-state index contributed by atoms with van der Waals surface area (Å²) < 4.78 is 11.7. The number of furan rings is 1. The molecule has 138 valence electrons. The molecule has 0 bridgehead atoms. The quantitative estimate of drug-likeness (QED) is 0.536. The number of rotatable bonds is 8. The van der Waals surface area contributed by atoms with Gasteiger partial charge < -0.3 is 9.15 Å². The van der Waals surface area contributed by atoms with Gasteiger partial charge in [0.05, 0.1) is 12.9 Å². The molecule has 3 heteroatoms. The molecule has 0 unspecified atom stereocenters. The Morgan fingerprint density at radius 1 is 0.885 bits per heavy atom. The molecule has 2 nitrogen and oxygen atoms in total. The van der Waals surface area contributed by atoms with E-state index in [4.69, 9.17) is 9.15 Å². The molecule has 0 radical (unpaired) electrons. The van der Waals surface area contributed by atoms with Gasteiger partial charge in [0.15, 0.2) is 0 Å². The molecule has 1 aromatic heterocycles. The molecule has 0 aliphatic rings. The number of para-hydroxylation sites is 1. The van der Waals surface area contributed by atoms with Crippen molar-refractivity contribution in [3.8, 4) is 16.9 Å². The van der Waals surface area contributed by atoms with Gasteiger partial charge >= 0.3 is 0 Å². The van der Waals surface area contributed by atoms with Gasteiger partial charge in [-0.3, -0.25) is 0 Å². The van der Waals surface area contributed by atoms with E-state index < -0.39 is 0 Å². The zero-order valence-electron chi connectivity index (χ0n) is 15.1. The van der Waals surface area contributed by atoms with E-state index in [0.717, 1.165) is 24.4 Å². The fraction of sp³-hybridized carbons (Fsp3) is 0.304. The summed E-state index contributed by atoms with van der Waals surface area (Å²) in [6, 6.07) is 19.0. The van der Waals surface area contributed by atoms with E-state index in [0.29, 0.717) is 6.61 Å². The maximum atomic E-state index is 6.31. The normalized spacial score (nSPS) is 10.4. The summed E-state index contributed by atoms with van der Waals surface area (Å²) in [5.74, 6) is 2.01. The monoisotopic (exact) mass is 366 g/mol. The van der Waals surface area contributed by atoms with E-state index in [2.05, 4.69) is 49.4 Å². The number of ether oxygens (including phenoxy) is 1. The van der Waals surface area contributed by atoms with E-state index in [1.165, 1.54) is 35.1 Å². The van der Waals surface area contributed by atoms with Crippen molar-refractivity contribution < 1.29 is 9.15 Å². The molecule has 0 amide bonds. The highest BCUT2D eigenvalue weighted by Crippen LogP contribution is 2.34. The predicted octanol–water partition coefficient (Wildman–Crippen LogP) is 4.77. The van der Waals surface area contributed by atoms with E-state index >= 15 is 0 Å². The Kier molecular flexibility index (Phi) is 7.73. The second-order valence-corrected chi connectivity index (χ2v) is 6.36. The summed E-state index contributed by atoms with van der Waals surface area (Å²) in [5, 5.41) is 0. The minimum atomic E-state index is 0. The van der Waals surface area contributed by atoms with Crippen molar-refractivity contribution in [2.45, 2.75) is 39.5 Å². The van der Waals surface area contributed by atoms with Crippen LogP contribution in [0.25, 0.3) is 11.1 Å². The molecule has 2 aromatic carbocycles. The summed E-state index contributed by atoms with van der Waals surface area (Å²) in [5.41, 5.74) is 4.90. The fourth-order valence-electron chi connectivity index (χ4n) is 3.10. The maximum Gasteiger partial charge on any atom is 0.130 e. The maximum absolute atomic E-state index is 6.31. The molecule has 0 atom stereocenters. The standard InChI is InChI=1S/C23H26O2.H4Si/c1-3-4-9-21-12-8-13-22(20-10-6-5-7-11-20)23(21)25-17-15-19-14-16-24-18(19)2;/h5-8,10-14,16H,3-4,9,15,17H2,1-2H3;1H4. The zero-order chi connectivity index (χ0) is 17.5. The third-order valence-electron chi connectivity index (χ3n) is 4.57. The average molecular weight is 367 g/mol. The predicted molar refractivity (Wildman–Crippen MR) is 114 cm³/mol. The number of benzene rings is 2. The van der Waals surface area contributed by atoms with Gasteiger partial charge in [0.25, 0.3) is 0 Å². The Balaban J connectivity index is 0.00000243. The molecular formula is C23H30O2Si. The van der Waals surface area contributed by atoms with Crippen molar-refractivity contribution in [2.75, 3.05) is 6.61 Å². The smallest absolute Gasteiger partial charge is 0.130 e. The van der Waals surface area contributed by atoms with Crippen LogP contribution in [0.1, 0.15) is 36.7 Å². The van der Waals surface area contributed by atoms with Crippen LogP contribution in [0, 0.1) is 6.92 Å². The van der Waals surface area contributed by atoms with Crippen molar-refractivity contribution in [3.63, 3.8) is 0 Å². The first-order valence-corrected chi connectivity index (χ1v) is 9.12. The van der Waals surface area contributed by atoms with Crippen LogP contribution < -0.4 is 4.74 Å². The van der Waals surface area contributed by atoms with Crippen molar-refractivity contribution in [3.05, 3.63) is 77.7 Å². The first kappa shape index (κ1) is 20.1. The van der Waals surface area contributed by atoms with E-state index in [1.54, 1.807) is 6.26 Å². The minimum absolute atomic E-state index is 0. The van der Waals surface area contributed by atoms with Crippen LogP contribution in [0.2, 0.25) is 0 Å². The highest BCUT2D eigenvalue weighted by atomic mass is 28.1. The first-order chi connectivity index (χ1) is 12.3. The molecule has 3 rings (SSSR count). The lowest BCUT2D eigenvalue weighted by molar-refractivity contribution is 0.318. The van der Waals surface area contributed by atoms with Gasteiger partial charge in [-0.25, -0.2) is 0 Å². The molecule has 0 fully saturated rings.